The maximum Gasteiger partial charge on any atom is 0.239 e. The van der Waals surface area contributed by atoms with Gasteiger partial charge in [0.1, 0.15) is 12.3 Å². The summed E-state index contributed by atoms with van der Waals surface area (Å²) in [7, 11) is 0. The minimum atomic E-state index is -1.01. The van der Waals surface area contributed by atoms with Crippen molar-refractivity contribution >= 4 is 18.1 Å². The Labute approximate surface area is 118 Å². The second kappa shape index (κ2) is 10.3. The van der Waals surface area contributed by atoms with Gasteiger partial charge in [-0.1, -0.05) is 0 Å². The standard InChI is InChI=1S/C12H24N4O4/c1-8(18)11(14)12(20)15-6-4-9(7-17)16-10(19)3-2-5-13/h7-9,11,18H,2-6,13-14H2,1H3,(H,15,20)(H,16,19)/t8-,9+,11+/m1/s1. The van der Waals surface area contributed by atoms with Crippen LogP contribution < -0.4 is 22.1 Å². The van der Waals surface area contributed by atoms with Crippen molar-refractivity contribution in [1.29, 1.82) is 0 Å². The van der Waals surface area contributed by atoms with Gasteiger partial charge in [0.15, 0.2) is 0 Å². The zero-order valence-electron chi connectivity index (χ0n) is 11.7. The molecule has 2 amide bonds. The van der Waals surface area contributed by atoms with Crippen molar-refractivity contribution in [3.05, 3.63) is 0 Å². The van der Waals surface area contributed by atoms with Crippen LogP contribution in [-0.4, -0.2) is 54.5 Å². The molecule has 0 aromatic rings. The lowest BCUT2D eigenvalue weighted by Gasteiger charge is -2.16. The smallest absolute Gasteiger partial charge is 0.239 e. The van der Waals surface area contributed by atoms with E-state index in [9.17, 15) is 14.4 Å². The van der Waals surface area contributed by atoms with Crippen LogP contribution in [0.1, 0.15) is 26.2 Å². The Bertz CT molecular complexity index is 323. The Hall–Kier alpha value is -1.51. The minimum absolute atomic E-state index is 0.180. The number of hydrogen-bond donors (Lipinski definition) is 5. The topological polar surface area (TPSA) is 148 Å². The van der Waals surface area contributed by atoms with E-state index in [-0.39, 0.29) is 25.3 Å². The van der Waals surface area contributed by atoms with Crippen LogP contribution in [-0.2, 0) is 14.4 Å². The first kappa shape index (κ1) is 18.5. The van der Waals surface area contributed by atoms with Gasteiger partial charge in [0.05, 0.1) is 12.1 Å². The molecule has 20 heavy (non-hydrogen) atoms. The number of hydrogen-bond acceptors (Lipinski definition) is 6. The fourth-order valence-corrected chi connectivity index (χ4v) is 1.40. The SMILES string of the molecule is C[C@@H](O)[C@H](N)C(=O)NCC[C@@H](C=O)NC(=O)CCCN. The first-order valence-corrected chi connectivity index (χ1v) is 6.58. The van der Waals surface area contributed by atoms with Gasteiger partial charge >= 0.3 is 0 Å². The second-order valence-electron chi connectivity index (χ2n) is 4.55. The van der Waals surface area contributed by atoms with Gasteiger partial charge in [-0.2, -0.15) is 0 Å². The third-order valence-corrected chi connectivity index (χ3v) is 2.70. The van der Waals surface area contributed by atoms with Crippen LogP contribution in [0, 0.1) is 0 Å². The van der Waals surface area contributed by atoms with Crippen molar-refractivity contribution < 1.29 is 19.5 Å². The van der Waals surface area contributed by atoms with Crippen LogP contribution in [0.3, 0.4) is 0 Å². The van der Waals surface area contributed by atoms with Crippen LogP contribution >= 0.6 is 0 Å². The van der Waals surface area contributed by atoms with E-state index in [4.69, 9.17) is 16.6 Å². The quantitative estimate of drug-likeness (QED) is 0.284. The lowest BCUT2D eigenvalue weighted by molar-refractivity contribution is -0.124. The zero-order valence-corrected chi connectivity index (χ0v) is 11.7. The van der Waals surface area contributed by atoms with E-state index in [1.54, 1.807) is 0 Å². The molecule has 0 aliphatic carbocycles. The Morgan fingerprint density at radius 3 is 2.55 bits per heavy atom. The Balaban J connectivity index is 3.99. The summed E-state index contributed by atoms with van der Waals surface area (Å²) in [6.45, 7) is 2.00. The van der Waals surface area contributed by atoms with Gasteiger partial charge in [0.2, 0.25) is 11.8 Å². The van der Waals surface area contributed by atoms with E-state index in [2.05, 4.69) is 10.6 Å². The molecule has 0 bridgehead atoms. The molecule has 0 heterocycles. The summed E-state index contributed by atoms with van der Waals surface area (Å²) in [4.78, 5) is 33.6. The Morgan fingerprint density at radius 1 is 1.40 bits per heavy atom. The molecule has 0 rings (SSSR count). The summed E-state index contributed by atoms with van der Waals surface area (Å²) in [6, 6.07) is -1.67. The molecule has 3 atom stereocenters. The van der Waals surface area contributed by atoms with Crippen molar-refractivity contribution in [2.45, 2.75) is 44.4 Å². The van der Waals surface area contributed by atoms with Crippen LogP contribution in [0.15, 0.2) is 0 Å². The van der Waals surface area contributed by atoms with Gasteiger partial charge in [-0.25, -0.2) is 0 Å². The van der Waals surface area contributed by atoms with Crippen molar-refractivity contribution in [1.82, 2.24) is 10.6 Å². The number of amides is 2. The number of carbonyl (C=O) groups excluding carboxylic acids is 3. The molecule has 7 N–H and O–H groups in total. The summed E-state index contributed by atoms with van der Waals surface area (Å²) in [6.07, 6.45) is 0.738. The summed E-state index contributed by atoms with van der Waals surface area (Å²) >= 11 is 0. The molecule has 0 unspecified atom stereocenters. The molecule has 8 heteroatoms. The van der Waals surface area contributed by atoms with Crippen LogP contribution in [0.2, 0.25) is 0 Å². The predicted octanol–water partition coefficient (Wildman–Crippen LogP) is -2.38. The van der Waals surface area contributed by atoms with E-state index in [1.165, 1.54) is 6.92 Å². The van der Waals surface area contributed by atoms with E-state index in [1.807, 2.05) is 0 Å². The van der Waals surface area contributed by atoms with E-state index in [0.717, 1.165) is 0 Å². The fourth-order valence-electron chi connectivity index (χ4n) is 1.40. The molecule has 0 aromatic heterocycles. The maximum atomic E-state index is 11.4. The molecule has 116 valence electrons. The average Bonchev–Trinajstić information content (AvgIpc) is 2.42. The summed E-state index contributed by atoms with van der Waals surface area (Å²) in [5.74, 6) is -0.751. The molecule has 0 saturated heterocycles. The first-order valence-electron chi connectivity index (χ1n) is 6.58. The van der Waals surface area contributed by atoms with Crippen LogP contribution in [0.5, 0.6) is 0 Å². The van der Waals surface area contributed by atoms with E-state index < -0.39 is 24.1 Å². The Kier molecular flexibility index (Phi) is 9.52. The molecule has 0 radical (unpaired) electrons. The van der Waals surface area contributed by atoms with Gasteiger partial charge in [0.25, 0.3) is 0 Å². The highest BCUT2D eigenvalue weighted by Crippen LogP contribution is 1.93. The molecule has 0 saturated carbocycles. The van der Waals surface area contributed by atoms with Gasteiger partial charge in [-0.15, -0.1) is 0 Å². The summed E-state index contributed by atoms with van der Waals surface area (Å²) in [5, 5.41) is 14.2. The fraction of sp³-hybridized carbons (Fsp3) is 0.750. The molecular formula is C12H24N4O4. The van der Waals surface area contributed by atoms with E-state index >= 15 is 0 Å². The third kappa shape index (κ3) is 7.82. The highest BCUT2D eigenvalue weighted by Gasteiger charge is 2.18. The second-order valence-corrected chi connectivity index (χ2v) is 4.55. The minimum Gasteiger partial charge on any atom is -0.391 e. The molecule has 0 aliphatic rings. The number of nitrogens with one attached hydrogen (secondary N) is 2. The monoisotopic (exact) mass is 288 g/mol. The average molecular weight is 288 g/mol. The van der Waals surface area contributed by atoms with Crippen LogP contribution in [0.4, 0.5) is 0 Å². The highest BCUT2D eigenvalue weighted by molar-refractivity contribution is 5.82. The molecule has 0 fully saturated rings. The van der Waals surface area contributed by atoms with Crippen molar-refractivity contribution in [2.24, 2.45) is 11.5 Å². The summed E-state index contributed by atoms with van der Waals surface area (Å²) < 4.78 is 0. The molecular weight excluding hydrogens is 264 g/mol. The first-order chi connectivity index (χ1) is 9.42. The van der Waals surface area contributed by atoms with Gasteiger partial charge in [-0.05, 0) is 26.3 Å². The number of aliphatic hydroxyl groups excluding tert-OH is 1. The number of rotatable bonds is 10. The molecule has 0 aromatic carbocycles. The predicted molar refractivity (Wildman–Crippen MR) is 73.6 cm³/mol. The van der Waals surface area contributed by atoms with Crippen LogP contribution in [0.25, 0.3) is 0 Å². The molecule has 8 nitrogen and oxygen atoms in total. The van der Waals surface area contributed by atoms with Crippen molar-refractivity contribution in [3.63, 3.8) is 0 Å². The third-order valence-electron chi connectivity index (χ3n) is 2.70. The zero-order chi connectivity index (χ0) is 15.5. The lowest BCUT2D eigenvalue weighted by Crippen LogP contribution is -2.48. The largest absolute Gasteiger partial charge is 0.391 e. The van der Waals surface area contributed by atoms with Crippen molar-refractivity contribution in [2.75, 3.05) is 13.1 Å². The van der Waals surface area contributed by atoms with Crippen molar-refractivity contribution in [3.8, 4) is 0 Å². The lowest BCUT2D eigenvalue weighted by atomic mass is 10.1. The normalized spacial score (nSPS) is 15.0. The number of aldehydes is 1. The number of nitrogens with two attached hydrogens (primary N) is 2. The number of carbonyl (C=O) groups is 3. The summed E-state index contributed by atoms with van der Waals surface area (Å²) in [5.41, 5.74) is 10.7. The molecule has 0 spiro atoms. The Morgan fingerprint density at radius 2 is 2.05 bits per heavy atom. The van der Waals surface area contributed by atoms with E-state index in [0.29, 0.717) is 19.3 Å². The van der Waals surface area contributed by atoms with Gasteiger partial charge in [-0.3, -0.25) is 9.59 Å². The number of aliphatic hydroxyl groups is 1. The molecule has 0 aliphatic heterocycles. The maximum absolute atomic E-state index is 11.4. The van der Waals surface area contributed by atoms with Gasteiger partial charge < -0.3 is 32.0 Å². The highest BCUT2D eigenvalue weighted by atomic mass is 16.3. The van der Waals surface area contributed by atoms with Gasteiger partial charge in [0, 0.05) is 13.0 Å².